The Labute approximate surface area is 135 Å². The third kappa shape index (κ3) is 3.00. The molecule has 0 saturated carbocycles. The Morgan fingerprint density at radius 3 is 2.32 bits per heavy atom. The minimum atomic E-state index is -3.44. The molecule has 0 aromatic heterocycles. The van der Waals surface area contributed by atoms with Gasteiger partial charge in [-0.1, -0.05) is 54.1 Å². The molecule has 0 fully saturated rings. The summed E-state index contributed by atoms with van der Waals surface area (Å²) in [6, 6.07) is 16.5. The van der Waals surface area contributed by atoms with Gasteiger partial charge >= 0.3 is 0 Å². The second-order valence-electron chi connectivity index (χ2n) is 5.22. The van der Waals surface area contributed by atoms with Crippen molar-refractivity contribution in [2.75, 3.05) is 6.26 Å². The molecule has 0 N–H and O–H groups in total. The van der Waals surface area contributed by atoms with Gasteiger partial charge in [0.15, 0.2) is 0 Å². The number of hydrogen-bond donors (Lipinski definition) is 0. The van der Waals surface area contributed by atoms with E-state index in [0.29, 0.717) is 11.4 Å². The van der Waals surface area contributed by atoms with Gasteiger partial charge in [0.1, 0.15) is 0 Å². The summed E-state index contributed by atoms with van der Waals surface area (Å²) in [5, 5.41) is 4.96. The molecule has 0 amide bonds. The second kappa shape index (κ2) is 5.74. The predicted octanol–water partition coefficient (Wildman–Crippen LogP) is 3.45. The molecule has 4 nitrogen and oxygen atoms in total. The quantitative estimate of drug-likeness (QED) is 0.863. The summed E-state index contributed by atoms with van der Waals surface area (Å²) >= 11 is 5.91. The summed E-state index contributed by atoms with van der Waals surface area (Å²) in [6.07, 6.45) is 1.71. The Morgan fingerprint density at radius 2 is 1.73 bits per heavy atom. The number of rotatable bonds is 3. The molecule has 0 radical (unpaired) electrons. The van der Waals surface area contributed by atoms with Crippen molar-refractivity contribution in [3.63, 3.8) is 0 Å². The van der Waals surface area contributed by atoms with Crippen LogP contribution < -0.4 is 0 Å². The molecule has 0 bridgehead atoms. The lowest BCUT2D eigenvalue weighted by atomic mass is 9.99. The van der Waals surface area contributed by atoms with Crippen LogP contribution in [0.2, 0.25) is 5.02 Å². The van der Waals surface area contributed by atoms with E-state index in [0.717, 1.165) is 16.8 Å². The van der Waals surface area contributed by atoms with Crippen molar-refractivity contribution in [1.29, 1.82) is 0 Å². The zero-order valence-corrected chi connectivity index (χ0v) is 13.6. The monoisotopic (exact) mass is 334 g/mol. The maximum absolute atomic E-state index is 12.1. The molecule has 6 heteroatoms. The van der Waals surface area contributed by atoms with Crippen molar-refractivity contribution >= 4 is 27.3 Å². The predicted molar refractivity (Wildman–Crippen MR) is 88.5 cm³/mol. The maximum atomic E-state index is 12.1. The standard InChI is InChI=1S/C16H15ClN2O2S/c1-22(20,21)19-16(13-7-9-14(17)10-8-13)11-15(18-19)12-5-3-2-4-6-12/h2-10,16H,11H2,1H3. The average molecular weight is 335 g/mol. The molecule has 2 aromatic carbocycles. The third-order valence-electron chi connectivity index (χ3n) is 3.57. The molecule has 2 aromatic rings. The van der Waals surface area contributed by atoms with Gasteiger partial charge in [0.2, 0.25) is 10.0 Å². The minimum absolute atomic E-state index is 0.331. The van der Waals surface area contributed by atoms with E-state index in [4.69, 9.17) is 11.6 Å². The zero-order valence-electron chi connectivity index (χ0n) is 12.0. The second-order valence-corrected chi connectivity index (χ2v) is 7.50. The van der Waals surface area contributed by atoms with Gasteiger partial charge in [-0.25, -0.2) is 8.42 Å². The number of hydrogen-bond acceptors (Lipinski definition) is 3. The van der Waals surface area contributed by atoms with Crippen LogP contribution >= 0.6 is 11.6 Å². The molecule has 1 heterocycles. The first-order valence-electron chi connectivity index (χ1n) is 6.83. The van der Waals surface area contributed by atoms with E-state index in [2.05, 4.69) is 5.10 Å². The first kappa shape index (κ1) is 15.1. The van der Waals surface area contributed by atoms with E-state index in [-0.39, 0.29) is 6.04 Å². The molecular weight excluding hydrogens is 320 g/mol. The van der Waals surface area contributed by atoms with Crippen molar-refractivity contribution in [3.8, 4) is 0 Å². The van der Waals surface area contributed by atoms with Crippen LogP contribution in [0.5, 0.6) is 0 Å². The average Bonchev–Trinajstić information content (AvgIpc) is 2.94. The fourth-order valence-electron chi connectivity index (χ4n) is 2.53. The first-order chi connectivity index (χ1) is 10.4. The van der Waals surface area contributed by atoms with Gasteiger partial charge in [0, 0.05) is 11.4 Å². The van der Waals surface area contributed by atoms with Crippen molar-refractivity contribution in [2.24, 2.45) is 5.10 Å². The lowest BCUT2D eigenvalue weighted by Crippen LogP contribution is -2.25. The van der Waals surface area contributed by atoms with Crippen LogP contribution in [0.3, 0.4) is 0 Å². The van der Waals surface area contributed by atoms with Crippen molar-refractivity contribution in [1.82, 2.24) is 4.41 Å². The summed E-state index contributed by atoms with van der Waals surface area (Å²) in [7, 11) is -3.44. The number of hydrazone groups is 1. The molecule has 114 valence electrons. The van der Waals surface area contributed by atoms with Gasteiger partial charge in [0.25, 0.3) is 0 Å². The minimum Gasteiger partial charge on any atom is -0.205 e. The van der Waals surface area contributed by atoms with Crippen molar-refractivity contribution < 1.29 is 8.42 Å². The van der Waals surface area contributed by atoms with Gasteiger partial charge < -0.3 is 0 Å². The fraction of sp³-hybridized carbons (Fsp3) is 0.188. The summed E-state index contributed by atoms with van der Waals surface area (Å²) in [6.45, 7) is 0. The smallest absolute Gasteiger partial charge is 0.205 e. The molecule has 0 spiro atoms. The Hall–Kier alpha value is -1.85. The van der Waals surface area contributed by atoms with Crippen LogP contribution in [0.1, 0.15) is 23.6 Å². The third-order valence-corrected chi connectivity index (χ3v) is 4.84. The van der Waals surface area contributed by atoms with E-state index < -0.39 is 10.0 Å². The van der Waals surface area contributed by atoms with Crippen LogP contribution in [0.15, 0.2) is 59.7 Å². The molecule has 22 heavy (non-hydrogen) atoms. The Bertz CT molecular complexity index is 802. The molecule has 1 unspecified atom stereocenters. The van der Waals surface area contributed by atoms with Crippen LogP contribution in [0.4, 0.5) is 0 Å². The van der Waals surface area contributed by atoms with Crippen LogP contribution in [-0.4, -0.2) is 24.8 Å². The number of nitrogens with zero attached hydrogens (tertiary/aromatic N) is 2. The van der Waals surface area contributed by atoms with Gasteiger partial charge in [-0.2, -0.15) is 9.52 Å². The fourth-order valence-corrected chi connectivity index (χ4v) is 3.56. The molecule has 3 rings (SSSR count). The number of sulfonamides is 1. The number of benzene rings is 2. The van der Waals surface area contributed by atoms with Crippen molar-refractivity contribution in [3.05, 3.63) is 70.7 Å². The van der Waals surface area contributed by atoms with E-state index in [1.54, 1.807) is 12.1 Å². The van der Waals surface area contributed by atoms with E-state index in [9.17, 15) is 8.42 Å². The summed E-state index contributed by atoms with van der Waals surface area (Å²) in [5.74, 6) is 0. The zero-order chi connectivity index (χ0) is 15.7. The lowest BCUT2D eigenvalue weighted by Gasteiger charge is -2.21. The molecule has 1 atom stereocenters. The Morgan fingerprint density at radius 1 is 1.09 bits per heavy atom. The van der Waals surface area contributed by atoms with E-state index >= 15 is 0 Å². The maximum Gasteiger partial charge on any atom is 0.247 e. The summed E-state index contributed by atoms with van der Waals surface area (Å²) in [5.41, 5.74) is 2.59. The lowest BCUT2D eigenvalue weighted by molar-refractivity contribution is 0.375. The molecule has 1 aliphatic rings. The Kier molecular flexibility index (Phi) is 3.93. The van der Waals surface area contributed by atoms with Crippen LogP contribution in [0, 0.1) is 0 Å². The highest BCUT2D eigenvalue weighted by Gasteiger charge is 2.34. The SMILES string of the molecule is CS(=O)(=O)N1N=C(c2ccccc2)CC1c1ccc(Cl)cc1. The molecule has 1 aliphatic heterocycles. The van der Waals surface area contributed by atoms with Gasteiger partial charge in [-0.15, -0.1) is 0 Å². The molecule has 0 saturated heterocycles. The highest BCUT2D eigenvalue weighted by atomic mass is 35.5. The van der Waals surface area contributed by atoms with Crippen LogP contribution in [-0.2, 0) is 10.0 Å². The molecule has 0 aliphatic carbocycles. The number of halogens is 1. The van der Waals surface area contributed by atoms with Gasteiger partial charge in [-0.3, -0.25) is 0 Å². The largest absolute Gasteiger partial charge is 0.247 e. The van der Waals surface area contributed by atoms with Crippen LogP contribution in [0.25, 0.3) is 0 Å². The van der Waals surface area contributed by atoms with Gasteiger partial charge in [-0.05, 0) is 23.3 Å². The highest BCUT2D eigenvalue weighted by molar-refractivity contribution is 7.88. The molecular formula is C16H15ClN2O2S. The van der Waals surface area contributed by atoms with E-state index in [1.807, 2.05) is 42.5 Å². The highest BCUT2D eigenvalue weighted by Crippen LogP contribution is 2.34. The van der Waals surface area contributed by atoms with Crippen molar-refractivity contribution in [2.45, 2.75) is 12.5 Å². The topological polar surface area (TPSA) is 49.7 Å². The Balaban J connectivity index is 2.00. The summed E-state index contributed by atoms with van der Waals surface area (Å²) < 4.78 is 25.3. The summed E-state index contributed by atoms with van der Waals surface area (Å²) in [4.78, 5) is 0. The first-order valence-corrected chi connectivity index (χ1v) is 9.05. The normalized spacial score (nSPS) is 18.4. The van der Waals surface area contributed by atoms with Gasteiger partial charge in [0.05, 0.1) is 18.0 Å². The van der Waals surface area contributed by atoms with E-state index in [1.165, 1.54) is 10.7 Å².